The number of thioether (sulfide) groups is 1. The van der Waals surface area contributed by atoms with Crippen LogP contribution in [-0.4, -0.2) is 4.98 Å². The zero-order chi connectivity index (χ0) is 12.1. The Morgan fingerprint density at radius 1 is 0.941 bits per heavy atom. The Morgan fingerprint density at radius 3 is 2.41 bits per heavy atom. The van der Waals surface area contributed by atoms with E-state index in [9.17, 15) is 0 Å². The molecule has 0 saturated heterocycles. The lowest BCUT2D eigenvalue weighted by molar-refractivity contribution is 1.17. The molecule has 1 nitrogen and oxygen atoms in total. The Morgan fingerprint density at radius 2 is 1.71 bits per heavy atom. The predicted molar refractivity (Wildman–Crippen MR) is 75.7 cm³/mol. The van der Waals surface area contributed by atoms with Crippen LogP contribution in [0.5, 0.6) is 0 Å². The van der Waals surface area contributed by atoms with Crippen LogP contribution in [0.3, 0.4) is 0 Å². The number of rotatable bonds is 4. The summed E-state index contributed by atoms with van der Waals surface area (Å²) in [6.45, 7) is 0. The molecule has 0 fully saturated rings. The van der Waals surface area contributed by atoms with Gasteiger partial charge in [-0.1, -0.05) is 41.4 Å². The van der Waals surface area contributed by atoms with Gasteiger partial charge in [0.15, 0.2) is 0 Å². The molecule has 17 heavy (non-hydrogen) atoms. The number of halogens is 2. The van der Waals surface area contributed by atoms with E-state index in [2.05, 4.69) is 4.98 Å². The number of pyridine rings is 1. The third-order valence-corrected chi connectivity index (χ3v) is 3.70. The monoisotopic (exact) mass is 283 g/mol. The normalized spacial score (nSPS) is 10.5. The molecule has 0 atom stereocenters. The van der Waals surface area contributed by atoms with E-state index in [1.165, 1.54) is 5.56 Å². The van der Waals surface area contributed by atoms with Gasteiger partial charge in [-0.3, -0.25) is 0 Å². The second-order valence-electron chi connectivity index (χ2n) is 3.57. The lowest BCUT2D eigenvalue weighted by Gasteiger charge is -2.02. The zero-order valence-electron chi connectivity index (χ0n) is 9.07. The molecule has 0 aliphatic heterocycles. The van der Waals surface area contributed by atoms with Crippen molar-refractivity contribution in [3.8, 4) is 0 Å². The van der Waals surface area contributed by atoms with Gasteiger partial charge in [0.1, 0.15) is 5.15 Å². The van der Waals surface area contributed by atoms with Crippen molar-refractivity contribution in [1.82, 2.24) is 4.98 Å². The van der Waals surface area contributed by atoms with E-state index < -0.39 is 0 Å². The van der Waals surface area contributed by atoms with Gasteiger partial charge in [0.25, 0.3) is 0 Å². The summed E-state index contributed by atoms with van der Waals surface area (Å²) >= 11 is 13.5. The molecule has 0 aliphatic carbocycles. The molecular formula is C13H11Cl2NS. The highest BCUT2D eigenvalue weighted by molar-refractivity contribution is 7.97. The van der Waals surface area contributed by atoms with Crippen LogP contribution < -0.4 is 0 Å². The fourth-order valence-corrected chi connectivity index (χ4v) is 2.59. The minimum Gasteiger partial charge on any atom is -0.240 e. The predicted octanol–water partition coefficient (Wildman–Crippen LogP) is 4.82. The lowest BCUT2D eigenvalue weighted by atomic mass is 10.2. The maximum atomic E-state index is 5.83. The molecule has 88 valence electrons. The van der Waals surface area contributed by atoms with Crippen molar-refractivity contribution < 1.29 is 0 Å². The van der Waals surface area contributed by atoms with Crippen LogP contribution in [0.25, 0.3) is 0 Å². The SMILES string of the molecule is Clc1ccc(CSCc2cccc(Cl)n2)cc1. The molecule has 0 spiro atoms. The molecule has 4 heteroatoms. The summed E-state index contributed by atoms with van der Waals surface area (Å²) in [7, 11) is 0. The average molecular weight is 284 g/mol. The van der Waals surface area contributed by atoms with Crippen LogP contribution >= 0.6 is 35.0 Å². The van der Waals surface area contributed by atoms with Gasteiger partial charge in [-0.2, -0.15) is 11.8 Å². The Balaban J connectivity index is 1.85. The van der Waals surface area contributed by atoms with Gasteiger partial charge >= 0.3 is 0 Å². The average Bonchev–Trinajstić information content (AvgIpc) is 2.32. The fourth-order valence-electron chi connectivity index (χ4n) is 1.38. The molecule has 0 unspecified atom stereocenters. The van der Waals surface area contributed by atoms with E-state index in [4.69, 9.17) is 23.2 Å². The van der Waals surface area contributed by atoms with Gasteiger partial charge in [-0.15, -0.1) is 0 Å². The number of hydrogen-bond donors (Lipinski definition) is 0. The van der Waals surface area contributed by atoms with Gasteiger partial charge in [0.2, 0.25) is 0 Å². The van der Waals surface area contributed by atoms with Crippen LogP contribution in [0.1, 0.15) is 11.3 Å². The number of benzene rings is 1. The molecule has 0 saturated carbocycles. The van der Waals surface area contributed by atoms with Crippen LogP contribution in [0.2, 0.25) is 10.2 Å². The van der Waals surface area contributed by atoms with Crippen molar-refractivity contribution in [2.75, 3.05) is 0 Å². The molecule has 0 N–H and O–H groups in total. The van der Waals surface area contributed by atoms with E-state index in [1.807, 2.05) is 48.2 Å². The smallest absolute Gasteiger partial charge is 0.129 e. The van der Waals surface area contributed by atoms with Crippen LogP contribution in [0.4, 0.5) is 0 Å². The summed E-state index contributed by atoms with van der Waals surface area (Å²) in [6, 6.07) is 13.6. The van der Waals surface area contributed by atoms with Crippen LogP contribution in [-0.2, 0) is 11.5 Å². The molecule has 0 aliphatic rings. The molecule has 0 bridgehead atoms. The van der Waals surface area contributed by atoms with E-state index in [0.29, 0.717) is 5.15 Å². The fraction of sp³-hybridized carbons (Fsp3) is 0.154. The van der Waals surface area contributed by atoms with Crippen molar-refractivity contribution in [2.45, 2.75) is 11.5 Å². The standard InChI is InChI=1S/C13H11Cl2NS/c14-11-6-4-10(5-7-11)8-17-9-12-2-1-3-13(15)16-12/h1-7H,8-9H2. The van der Waals surface area contributed by atoms with Crippen molar-refractivity contribution in [3.05, 3.63) is 63.9 Å². The van der Waals surface area contributed by atoms with E-state index in [1.54, 1.807) is 6.07 Å². The topological polar surface area (TPSA) is 12.9 Å². The molecule has 2 rings (SSSR count). The first-order valence-electron chi connectivity index (χ1n) is 5.18. The van der Waals surface area contributed by atoms with E-state index >= 15 is 0 Å². The summed E-state index contributed by atoms with van der Waals surface area (Å²) in [4.78, 5) is 4.24. The summed E-state index contributed by atoms with van der Waals surface area (Å²) in [5, 5.41) is 1.32. The number of aromatic nitrogens is 1. The van der Waals surface area contributed by atoms with Crippen LogP contribution in [0.15, 0.2) is 42.5 Å². The molecule has 0 amide bonds. The van der Waals surface area contributed by atoms with Gasteiger partial charge in [-0.25, -0.2) is 4.98 Å². The molecule has 0 radical (unpaired) electrons. The first-order chi connectivity index (χ1) is 8.24. The highest BCUT2D eigenvalue weighted by Gasteiger charge is 1.98. The second-order valence-corrected chi connectivity index (χ2v) is 5.38. The highest BCUT2D eigenvalue weighted by Crippen LogP contribution is 2.19. The zero-order valence-corrected chi connectivity index (χ0v) is 11.4. The van der Waals surface area contributed by atoms with Crippen molar-refractivity contribution >= 4 is 35.0 Å². The van der Waals surface area contributed by atoms with E-state index in [0.717, 1.165) is 22.2 Å². The first-order valence-corrected chi connectivity index (χ1v) is 7.09. The van der Waals surface area contributed by atoms with Crippen molar-refractivity contribution in [1.29, 1.82) is 0 Å². The number of nitrogens with zero attached hydrogens (tertiary/aromatic N) is 1. The third-order valence-electron chi connectivity index (χ3n) is 2.20. The summed E-state index contributed by atoms with van der Waals surface area (Å²) in [5.74, 6) is 1.81. The van der Waals surface area contributed by atoms with Crippen molar-refractivity contribution in [2.24, 2.45) is 0 Å². The Hall–Kier alpha value is -0.700. The Kier molecular flexibility index (Phi) is 4.72. The van der Waals surface area contributed by atoms with Crippen LogP contribution in [0, 0.1) is 0 Å². The Labute approximate surface area is 115 Å². The van der Waals surface area contributed by atoms with Gasteiger partial charge < -0.3 is 0 Å². The quantitative estimate of drug-likeness (QED) is 0.746. The largest absolute Gasteiger partial charge is 0.240 e. The maximum Gasteiger partial charge on any atom is 0.129 e. The molecule has 1 aromatic heterocycles. The highest BCUT2D eigenvalue weighted by atomic mass is 35.5. The molecule has 1 heterocycles. The molecule has 1 aromatic carbocycles. The minimum atomic E-state index is 0.551. The first kappa shape index (κ1) is 12.7. The summed E-state index contributed by atoms with van der Waals surface area (Å²) < 4.78 is 0. The molecule has 2 aromatic rings. The third kappa shape index (κ3) is 4.23. The lowest BCUT2D eigenvalue weighted by Crippen LogP contribution is -1.87. The maximum absolute atomic E-state index is 5.83. The summed E-state index contributed by atoms with van der Waals surface area (Å²) in [5.41, 5.74) is 2.28. The van der Waals surface area contributed by atoms with E-state index in [-0.39, 0.29) is 0 Å². The minimum absolute atomic E-state index is 0.551. The van der Waals surface area contributed by atoms with Gasteiger partial charge in [0.05, 0.1) is 5.69 Å². The Bertz CT molecular complexity index is 485. The second kappa shape index (κ2) is 6.29. The summed E-state index contributed by atoms with van der Waals surface area (Å²) in [6.07, 6.45) is 0. The van der Waals surface area contributed by atoms with Gasteiger partial charge in [0, 0.05) is 16.5 Å². The number of hydrogen-bond acceptors (Lipinski definition) is 2. The van der Waals surface area contributed by atoms with Crippen molar-refractivity contribution in [3.63, 3.8) is 0 Å². The molecular weight excluding hydrogens is 273 g/mol. The van der Waals surface area contributed by atoms with Gasteiger partial charge in [-0.05, 0) is 29.8 Å².